The van der Waals surface area contributed by atoms with Crippen molar-refractivity contribution in [2.45, 2.75) is 130 Å². The van der Waals surface area contributed by atoms with Gasteiger partial charge < -0.3 is 30.3 Å². The van der Waals surface area contributed by atoms with E-state index in [1.807, 2.05) is 38.1 Å². The number of ether oxygens (including phenoxy) is 2. The number of rotatable bonds is 13. The van der Waals surface area contributed by atoms with Crippen molar-refractivity contribution in [3.8, 4) is 17.6 Å². The number of hydrogen-bond donors (Lipinski definition) is 3. The first-order valence-electron chi connectivity index (χ1n) is 21.8. The predicted octanol–water partition coefficient (Wildman–Crippen LogP) is 6.64. The Morgan fingerprint density at radius 1 is 0.967 bits per heavy atom. The number of amides is 3. The van der Waals surface area contributed by atoms with Crippen molar-refractivity contribution in [3.05, 3.63) is 89.0 Å². The highest BCUT2D eigenvalue weighted by molar-refractivity contribution is 5.98. The van der Waals surface area contributed by atoms with Gasteiger partial charge in [0.2, 0.25) is 5.91 Å². The molecule has 0 radical (unpaired) electrons. The normalized spacial score (nSPS) is 24.5. The molecule has 3 N–H and O–H groups in total. The largest absolute Gasteiger partial charge is 0.490 e. The molecule has 61 heavy (non-hydrogen) atoms. The average molecular weight is 831 g/mol. The third-order valence-electron chi connectivity index (χ3n) is 13.5. The monoisotopic (exact) mass is 830 g/mol. The van der Waals surface area contributed by atoms with Gasteiger partial charge in [0.1, 0.15) is 41.3 Å². The summed E-state index contributed by atoms with van der Waals surface area (Å²) in [6.45, 7) is 23.4. The molecule has 1 aromatic heterocycles. The van der Waals surface area contributed by atoms with Crippen LogP contribution in [-0.2, 0) is 4.79 Å². The van der Waals surface area contributed by atoms with E-state index in [1.165, 1.54) is 0 Å². The average Bonchev–Trinajstić information content (AvgIpc) is 3.20. The third kappa shape index (κ3) is 9.25. The first-order chi connectivity index (χ1) is 28.9. The van der Waals surface area contributed by atoms with Gasteiger partial charge in [-0.1, -0.05) is 40.3 Å². The maximum absolute atomic E-state index is 13.5. The number of anilines is 1. The molecule has 13 heteroatoms. The molecule has 1 unspecified atom stereocenters. The van der Waals surface area contributed by atoms with Crippen molar-refractivity contribution in [2.24, 2.45) is 16.7 Å². The Bertz CT molecular complexity index is 2140. The molecular weight excluding hydrogens is 769 g/mol. The van der Waals surface area contributed by atoms with E-state index in [0.717, 1.165) is 68.0 Å². The second-order valence-corrected chi connectivity index (χ2v) is 19.1. The predicted molar refractivity (Wildman–Crippen MR) is 234 cm³/mol. The summed E-state index contributed by atoms with van der Waals surface area (Å²) >= 11 is 0. The van der Waals surface area contributed by atoms with E-state index in [9.17, 15) is 19.6 Å². The van der Waals surface area contributed by atoms with Crippen LogP contribution in [0.2, 0.25) is 0 Å². The number of nitrogens with zero attached hydrogens (tertiary/aromatic N) is 5. The van der Waals surface area contributed by atoms with Crippen LogP contribution in [0.5, 0.6) is 11.5 Å². The first kappa shape index (κ1) is 43.6. The van der Waals surface area contributed by atoms with Crippen molar-refractivity contribution in [3.63, 3.8) is 0 Å². The Morgan fingerprint density at radius 3 is 2.26 bits per heavy atom. The van der Waals surface area contributed by atoms with Crippen LogP contribution in [0.3, 0.4) is 0 Å². The van der Waals surface area contributed by atoms with Gasteiger partial charge in [0, 0.05) is 72.7 Å². The van der Waals surface area contributed by atoms with Gasteiger partial charge in [-0.15, -0.1) is 0 Å². The number of allylic oxidation sites excluding steroid dienone is 1. The summed E-state index contributed by atoms with van der Waals surface area (Å²) in [6, 6.07) is 13.4. The number of hydrogen-bond acceptors (Lipinski definition) is 10. The molecule has 3 heterocycles. The molecule has 2 aliphatic carbocycles. The molecule has 4 fully saturated rings. The summed E-state index contributed by atoms with van der Waals surface area (Å²) in [4.78, 5) is 52.9. The summed E-state index contributed by atoms with van der Waals surface area (Å²) in [5.74, 6) is 1.97. The molecule has 13 nitrogen and oxygen atoms in total. The molecule has 1 atom stereocenters. The fourth-order valence-corrected chi connectivity index (χ4v) is 10.3. The molecule has 3 amide bonds. The SMILES string of the molecule is C=C1CCC(NC(=O)c2cccc(OC3CC(N(CC4CCN(c5cnc(C(=O)NC6C(C)(C)C(Oc7cc(C)c(C#N)c(C)c7)C6(C)C)cn5)CC4)C(C)C)C3)c2)C(=O)N1. The van der Waals surface area contributed by atoms with Crippen molar-refractivity contribution < 1.29 is 23.9 Å². The maximum Gasteiger partial charge on any atom is 0.271 e. The number of aryl methyl sites for hydroxylation is 2. The molecule has 0 spiro atoms. The van der Waals surface area contributed by atoms with Gasteiger partial charge in [0.25, 0.3) is 11.8 Å². The Hall–Kier alpha value is -5.48. The number of nitriles is 1. The zero-order valence-electron chi connectivity index (χ0n) is 37.0. The zero-order valence-corrected chi connectivity index (χ0v) is 37.0. The molecule has 324 valence electrons. The summed E-state index contributed by atoms with van der Waals surface area (Å²) in [6.07, 6.45) is 8.35. The number of benzene rings is 2. The molecule has 2 aliphatic heterocycles. The van der Waals surface area contributed by atoms with Crippen LogP contribution >= 0.6 is 0 Å². The van der Waals surface area contributed by atoms with Crippen molar-refractivity contribution >= 4 is 23.5 Å². The number of carbonyl (C=O) groups is 3. The fourth-order valence-electron chi connectivity index (χ4n) is 10.3. The van der Waals surface area contributed by atoms with Crippen LogP contribution in [0.1, 0.15) is 118 Å². The molecule has 7 rings (SSSR count). The molecule has 2 saturated carbocycles. The number of piperidine rings is 2. The van der Waals surface area contributed by atoms with E-state index in [-0.39, 0.29) is 46.8 Å². The van der Waals surface area contributed by atoms with Gasteiger partial charge in [-0.2, -0.15) is 5.26 Å². The van der Waals surface area contributed by atoms with E-state index in [1.54, 1.807) is 24.5 Å². The highest BCUT2D eigenvalue weighted by atomic mass is 16.5. The van der Waals surface area contributed by atoms with Crippen LogP contribution in [0.4, 0.5) is 5.82 Å². The van der Waals surface area contributed by atoms with Crippen molar-refractivity contribution in [1.82, 2.24) is 30.8 Å². The molecule has 0 bridgehead atoms. The summed E-state index contributed by atoms with van der Waals surface area (Å²) in [5.41, 5.74) is 3.18. The van der Waals surface area contributed by atoms with E-state index < -0.39 is 6.04 Å². The Labute approximate surface area is 360 Å². The second kappa shape index (κ2) is 17.5. The summed E-state index contributed by atoms with van der Waals surface area (Å²) in [5, 5.41) is 18.3. The van der Waals surface area contributed by atoms with Crippen LogP contribution in [0, 0.1) is 41.9 Å². The van der Waals surface area contributed by atoms with Gasteiger partial charge in [0.05, 0.1) is 24.0 Å². The quantitative estimate of drug-likeness (QED) is 0.170. The highest BCUT2D eigenvalue weighted by Gasteiger charge is 2.64. The van der Waals surface area contributed by atoms with Crippen LogP contribution in [0.15, 0.2) is 61.1 Å². The lowest BCUT2D eigenvalue weighted by Crippen LogP contribution is -2.74. The van der Waals surface area contributed by atoms with Gasteiger partial charge in [-0.25, -0.2) is 9.97 Å². The molecule has 3 aromatic rings. The number of nitrogens with one attached hydrogen (secondary N) is 3. The Balaban J connectivity index is 0.858. The van der Waals surface area contributed by atoms with Crippen molar-refractivity contribution in [2.75, 3.05) is 24.5 Å². The summed E-state index contributed by atoms with van der Waals surface area (Å²) < 4.78 is 12.9. The molecular formula is C48H62N8O5. The van der Waals surface area contributed by atoms with Gasteiger partial charge >= 0.3 is 0 Å². The second-order valence-electron chi connectivity index (χ2n) is 19.1. The topological polar surface area (TPSA) is 162 Å². The van der Waals surface area contributed by atoms with E-state index in [2.05, 4.69) is 84.9 Å². The Kier molecular flexibility index (Phi) is 12.5. The van der Waals surface area contributed by atoms with Crippen LogP contribution in [0.25, 0.3) is 0 Å². The highest BCUT2D eigenvalue weighted by Crippen LogP contribution is 2.55. The number of carbonyl (C=O) groups excluding carboxylic acids is 3. The van der Waals surface area contributed by atoms with Gasteiger partial charge in [-0.05, 0) is 101 Å². The number of aromatic nitrogens is 2. The molecule has 4 aliphatic rings. The smallest absolute Gasteiger partial charge is 0.271 e. The van der Waals surface area contributed by atoms with E-state index in [0.29, 0.717) is 59.1 Å². The first-order valence-corrected chi connectivity index (χ1v) is 21.8. The Morgan fingerprint density at radius 2 is 1.66 bits per heavy atom. The van der Waals surface area contributed by atoms with Crippen LogP contribution < -0.4 is 30.3 Å². The lowest BCUT2D eigenvalue weighted by Gasteiger charge is -2.63. The molecule has 2 aromatic carbocycles. The van der Waals surface area contributed by atoms with Crippen LogP contribution in [-0.4, -0.2) is 88.6 Å². The fraction of sp³-hybridized carbons (Fsp3) is 0.542. The lowest BCUT2D eigenvalue weighted by molar-refractivity contribution is -0.164. The summed E-state index contributed by atoms with van der Waals surface area (Å²) in [7, 11) is 0. The third-order valence-corrected chi connectivity index (χ3v) is 13.5. The lowest BCUT2D eigenvalue weighted by atomic mass is 9.49. The minimum Gasteiger partial charge on any atom is -0.490 e. The molecule has 2 saturated heterocycles. The van der Waals surface area contributed by atoms with Gasteiger partial charge in [-0.3, -0.25) is 19.3 Å². The minimum atomic E-state index is -0.572. The van der Waals surface area contributed by atoms with Crippen molar-refractivity contribution in [1.29, 1.82) is 5.26 Å². The standard InChI is InChI=1S/C48H62N8O5/c1-28(2)56(34-22-37(23-34)60-35-12-10-11-33(21-35)42(57)53-39-14-13-31(5)52-43(39)58)27-32-15-17-55(18-16-32)41-26-50-40(25-51-41)44(59)54-45-47(6,7)46(48(45,8)9)61-36-19-29(3)38(24-49)30(4)20-36/h10-12,19-21,25-26,28,32,34,37,39,45-46H,5,13-18,22-23,27H2,1-4,6-9H3,(H,52,58)(H,53,57)(H,54,59). The van der Waals surface area contributed by atoms with Gasteiger partial charge in [0.15, 0.2) is 0 Å². The van der Waals surface area contributed by atoms with E-state index in [4.69, 9.17) is 14.5 Å². The maximum atomic E-state index is 13.5. The van der Waals surface area contributed by atoms with E-state index >= 15 is 0 Å². The minimum absolute atomic E-state index is 0.0802. The zero-order chi connectivity index (χ0) is 43.8.